The first kappa shape index (κ1) is 17.4. The Balaban J connectivity index is 0.00000192. The molecule has 7 heteroatoms. The van der Waals surface area contributed by atoms with E-state index in [-0.39, 0.29) is 24.3 Å². The van der Waals surface area contributed by atoms with Gasteiger partial charge in [-0.3, -0.25) is 0 Å². The lowest BCUT2D eigenvalue weighted by Crippen LogP contribution is -2.19. The molecule has 0 spiro atoms. The molecule has 5 nitrogen and oxygen atoms in total. The van der Waals surface area contributed by atoms with Crippen LogP contribution in [0.15, 0.2) is 30.5 Å². The molecular formula is C16H20ClFN4O. The van der Waals surface area contributed by atoms with E-state index in [1.165, 1.54) is 6.07 Å². The van der Waals surface area contributed by atoms with Crippen LogP contribution in [0.3, 0.4) is 0 Å². The number of anilines is 3. The molecule has 1 aliphatic rings. The van der Waals surface area contributed by atoms with E-state index in [4.69, 9.17) is 4.74 Å². The van der Waals surface area contributed by atoms with Crippen LogP contribution in [0.1, 0.15) is 18.4 Å². The largest absolute Gasteiger partial charge is 0.376 e. The number of aromatic nitrogens is 2. The Morgan fingerprint density at radius 2 is 2.22 bits per heavy atom. The molecule has 1 saturated heterocycles. The van der Waals surface area contributed by atoms with E-state index in [0.29, 0.717) is 17.2 Å². The summed E-state index contributed by atoms with van der Waals surface area (Å²) in [5.74, 6) is 0.902. The van der Waals surface area contributed by atoms with Crippen LogP contribution in [0.4, 0.5) is 21.8 Å². The summed E-state index contributed by atoms with van der Waals surface area (Å²) in [6.45, 7) is 3.29. The summed E-state index contributed by atoms with van der Waals surface area (Å²) in [4.78, 5) is 8.52. The topological polar surface area (TPSA) is 59.1 Å². The first-order valence-corrected chi connectivity index (χ1v) is 7.42. The third-order valence-electron chi connectivity index (χ3n) is 3.62. The highest BCUT2D eigenvalue weighted by Gasteiger charge is 2.15. The zero-order valence-corrected chi connectivity index (χ0v) is 13.7. The van der Waals surface area contributed by atoms with Crippen molar-refractivity contribution < 1.29 is 9.13 Å². The predicted molar refractivity (Wildman–Crippen MR) is 91.2 cm³/mol. The van der Waals surface area contributed by atoms with Crippen LogP contribution in [-0.2, 0) is 4.74 Å². The minimum absolute atomic E-state index is 0. The van der Waals surface area contributed by atoms with Crippen LogP contribution < -0.4 is 10.6 Å². The second kappa shape index (κ2) is 8.08. The fraction of sp³-hybridized carbons (Fsp3) is 0.375. The molecule has 0 aliphatic carbocycles. The summed E-state index contributed by atoms with van der Waals surface area (Å²) in [6.07, 6.45) is 4.10. The highest BCUT2D eigenvalue weighted by Crippen LogP contribution is 2.18. The number of nitrogens with zero attached hydrogens (tertiary/aromatic N) is 2. The van der Waals surface area contributed by atoms with Crippen LogP contribution in [0.25, 0.3) is 0 Å². The van der Waals surface area contributed by atoms with Crippen molar-refractivity contribution in [1.29, 1.82) is 0 Å². The van der Waals surface area contributed by atoms with Gasteiger partial charge in [0.05, 0.1) is 6.10 Å². The van der Waals surface area contributed by atoms with Crippen LogP contribution in [0.2, 0.25) is 0 Å². The lowest BCUT2D eigenvalue weighted by Gasteiger charge is -2.12. The number of hydrogen-bond donors (Lipinski definition) is 2. The quantitative estimate of drug-likeness (QED) is 0.871. The average Bonchev–Trinajstić information content (AvgIpc) is 3.03. The molecule has 1 aromatic heterocycles. The highest BCUT2D eigenvalue weighted by molar-refractivity contribution is 5.85. The maximum absolute atomic E-state index is 13.5. The summed E-state index contributed by atoms with van der Waals surface area (Å²) < 4.78 is 19.1. The van der Waals surface area contributed by atoms with Crippen LogP contribution in [-0.4, -0.2) is 29.2 Å². The molecule has 1 aliphatic heterocycles. The first-order valence-electron chi connectivity index (χ1n) is 7.42. The molecule has 124 valence electrons. The molecule has 0 radical (unpaired) electrons. The summed E-state index contributed by atoms with van der Waals surface area (Å²) in [5.41, 5.74) is 1.23. The number of ether oxygens (including phenoxy) is 1. The second-order valence-electron chi connectivity index (χ2n) is 5.37. The predicted octanol–water partition coefficient (Wildman–Crippen LogP) is 3.68. The fourth-order valence-electron chi connectivity index (χ4n) is 2.34. The SMILES string of the molecule is Cc1ccc(Nc2nccc(NCC3CCCO3)n2)cc1F.Cl. The zero-order chi connectivity index (χ0) is 15.4. The molecule has 0 bridgehead atoms. The second-order valence-corrected chi connectivity index (χ2v) is 5.37. The van der Waals surface area contributed by atoms with Crippen molar-refractivity contribution >= 4 is 29.9 Å². The summed E-state index contributed by atoms with van der Waals surface area (Å²) in [7, 11) is 0. The molecule has 2 aromatic rings. The Morgan fingerprint density at radius 3 is 2.96 bits per heavy atom. The van der Waals surface area contributed by atoms with Crippen LogP contribution >= 0.6 is 12.4 Å². The third kappa shape index (κ3) is 4.77. The minimum atomic E-state index is -0.252. The fourth-order valence-corrected chi connectivity index (χ4v) is 2.34. The number of rotatable bonds is 5. The Bertz CT molecular complexity index is 650. The molecule has 0 saturated carbocycles. The molecular weight excluding hydrogens is 319 g/mol. The van der Waals surface area contributed by atoms with Crippen molar-refractivity contribution in [3.05, 3.63) is 41.8 Å². The monoisotopic (exact) mass is 338 g/mol. The van der Waals surface area contributed by atoms with Gasteiger partial charge in [0.15, 0.2) is 0 Å². The van der Waals surface area contributed by atoms with Gasteiger partial charge in [0, 0.05) is 25.0 Å². The molecule has 1 unspecified atom stereocenters. The minimum Gasteiger partial charge on any atom is -0.376 e. The normalized spacial score (nSPS) is 16.7. The lowest BCUT2D eigenvalue weighted by atomic mass is 10.2. The zero-order valence-electron chi connectivity index (χ0n) is 12.9. The summed E-state index contributed by atoms with van der Waals surface area (Å²) in [5, 5.41) is 6.25. The van der Waals surface area contributed by atoms with E-state index in [2.05, 4.69) is 20.6 Å². The van der Waals surface area contributed by atoms with Crippen molar-refractivity contribution in [2.45, 2.75) is 25.9 Å². The van der Waals surface area contributed by atoms with Gasteiger partial charge in [-0.1, -0.05) is 6.07 Å². The maximum atomic E-state index is 13.5. The van der Waals surface area contributed by atoms with Crippen LogP contribution in [0, 0.1) is 12.7 Å². The first-order chi connectivity index (χ1) is 10.7. The Kier molecular flexibility index (Phi) is 6.12. The Morgan fingerprint density at radius 1 is 1.35 bits per heavy atom. The molecule has 1 atom stereocenters. The van der Waals surface area contributed by atoms with Crippen molar-refractivity contribution in [3.8, 4) is 0 Å². The Hall–Kier alpha value is -1.92. The maximum Gasteiger partial charge on any atom is 0.229 e. The van der Waals surface area contributed by atoms with Gasteiger partial charge in [0.25, 0.3) is 0 Å². The standard InChI is InChI=1S/C16H19FN4O.ClH/c1-11-4-5-12(9-14(11)17)20-16-18-7-6-15(21-16)19-10-13-3-2-8-22-13;/h4-7,9,13H,2-3,8,10H2,1H3,(H2,18,19,20,21);1H. The van der Waals surface area contributed by atoms with Gasteiger partial charge in [0.1, 0.15) is 11.6 Å². The summed E-state index contributed by atoms with van der Waals surface area (Å²) >= 11 is 0. The van der Waals surface area contributed by atoms with E-state index in [1.54, 1.807) is 31.3 Å². The average molecular weight is 339 g/mol. The molecule has 1 aromatic carbocycles. The van der Waals surface area contributed by atoms with Crippen molar-refractivity contribution in [1.82, 2.24) is 9.97 Å². The van der Waals surface area contributed by atoms with Crippen molar-refractivity contribution in [2.75, 3.05) is 23.8 Å². The van der Waals surface area contributed by atoms with Crippen LogP contribution in [0.5, 0.6) is 0 Å². The van der Waals surface area contributed by atoms with Gasteiger partial charge < -0.3 is 15.4 Å². The number of hydrogen-bond acceptors (Lipinski definition) is 5. The molecule has 2 heterocycles. The molecule has 1 fully saturated rings. The number of aryl methyl sites for hydroxylation is 1. The number of benzene rings is 1. The number of nitrogens with one attached hydrogen (secondary N) is 2. The lowest BCUT2D eigenvalue weighted by molar-refractivity contribution is 0.120. The molecule has 2 N–H and O–H groups in total. The van der Waals surface area contributed by atoms with Gasteiger partial charge in [-0.15, -0.1) is 12.4 Å². The Labute approximate surface area is 141 Å². The van der Waals surface area contributed by atoms with Gasteiger partial charge in [0.2, 0.25) is 5.95 Å². The van der Waals surface area contributed by atoms with Crippen molar-refractivity contribution in [3.63, 3.8) is 0 Å². The molecule has 0 amide bonds. The van der Waals surface area contributed by atoms with E-state index in [9.17, 15) is 4.39 Å². The van der Waals surface area contributed by atoms with Gasteiger partial charge >= 0.3 is 0 Å². The van der Waals surface area contributed by atoms with Gasteiger partial charge in [-0.25, -0.2) is 9.37 Å². The van der Waals surface area contributed by atoms with E-state index >= 15 is 0 Å². The molecule has 3 rings (SSSR count). The highest BCUT2D eigenvalue weighted by atomic mass is 35.5. The van der Waals surface area contributed by atoms with E-state index in [1.807, 2.05) is 0 Å². The number of halogens is 2. The smallest absolute Gasteiger partial charge is 0.229 e. The van der Waals surface area contributed by atoms with Crippen molar-refractivity contribution in [2.24, 2.45) is 0 Å². The van der Waals surface area contributed by atoms with E-state index < -0.39 is 0 Å². The van der Waals surface area contributed by atoms with E-state index in [0.717, 1.165) is 31.8 Å². The molecule has 23 heavy (non-hydrogen) atoms. The summed E-state index contributed by atoms with van der Waals surface area (Å²) in [6, 6.07) is 6.76. The van der Waals surface area contributed by atoms with Gasteiger partial charge in [-0.05, 0) is 43.5 Å². The van der Waals surface area contributed by atoms with Gasteiger partial charge in [-0.2, -0.15) is 4.98 Å². The third-order valence-corrected chi connectivity index (χ3v) is 3.62.